The summed E-state index contributed by atoms with van der Waals surface area (Å²) in [6, 6.07) is 14.6. The SMILES string of the molecule is Cn1cc(-c2ccc3c(N4CCN(c5n[nH]c(Cc6ccccc6)n5)CC4)cnn3c2)cn1. The third-order valence-corrected chi connectivity index (χ3v) is 6.17. The summed E-state index contributed by atoms with van der Waals surface area (Å²) in [5.41, 5.74) is 5.69. The molecule has 4 aromatic heterocycles. The maximum atomic E-state index is 4.72. The normalized spacial score (nSPS) is 14.3. The zero-order valence-corrected chi connectivity index (χ0v) is 18.5. The molecule has 1 aliphatic rings. The van der Waals surface area contributed by atoms with Crippen molar-refractivity contribution in [3.8, 4) is 11.1 Å². The molecule has 6 rings (SSSR count). The van der Waals surface area contributed by atoms with E-state index < -0.39 is 0 Å². The molecule has 0 saturated carbocycles. The predicted octanol–water partition coefficient (Wildman–Crippen LogP) is 2.77. The number of rotatable bonds is 5. The minimum absolute atomic E-state index is 0.761. The smallest absolute Gasteiger partial charge is 0.244 e. The summed E-state index contributed by atoms with van der Waals surface area (Å²) in [5, 5.41) is 16.4. The number of aryl methyl sites for hydroxylation is 1. The highest BCUT2D eigenvalue weighted by atomic mass is 15.4. The van der Waals surface area contributed by atoms with Gasteiger partial charge < -0.3 is 9.80 Å². The molecule has 0 bridgehead atoms. The first-order valence-electron chi connectivity index (χ1n) is 11.1. The first-order valence-corrected chi connectivity index (χ1v) is 11.1. The van der Waals surface area contributed by atoms with Crippen molar-refractivity contribution in [1.29, 1.82) is 0 Å². The number of hydrogen-bond donors (Lipinski definition) is 1. The number of pyridine rings is 1. The molecule has 9 nitrogen and oxygen atoms in total. The fourth-order valence-corrected chi connectivity index (χ4v) is 4.40. The monoisotopic (exact) mass is 439 g/mol. The van der Waals surface area contributed by atoms with Gasteiger partial charge in [-0.3, -0.25) is 9.78 Å². The van der Waals surface area contributed by atoms with Gasteiger partial charge in [-0.2, -0.15) is 15.2 Å². The van der Waals surface area contributed by atoms with Gasteiger partial charge in [-0.15, -0.1) is 5.10 Å². The van der Waals surface area contributed by atoms with Gasteiger partial charge in [0.25, 0.3) is 0 Å². The standard InChI is InChI=1S/C24H25N9/c1-30-16-20(14-25-30)19-7-8-21-22(15-26-33(21)17-19)31-9-11-32(12-10-31)24-27-23(28-29-24)13-18-5-3-2-4-6-18/h2-8,14-17H,9-13H2,1H3,(H,27,28,29). The van der Waals surface area contributed by atoms with Crippen molar-refractivity contribution in [3.05, 3.63) is 78.6 Å². The van der Waals surface area contributed by atoms with Crippen LogP contribution >= 0.6 is 0 Å². The first kappa shape index (κ1) is 19.5. The third kappa shape index (κ3) is 3.82. The van der Waals surface area contributed by atoms with E-state index in [1.54, 1.807) is 0 Å². The van der Waals surface area contributed by atoms with Crippen molar-refractivity contribution in [2.24, 2.45) is 7.05 Å². The molecule has 1 saturated heterocycles. The van der Waals surface area contributed by atoms with Crippen molar-refractivity contribution in [1.82, 2.24) is 34.6 Å². The minimum atomic E-state index is 0.761. The molecule has 166 valence electrons. The van der Waals surface area contributed by atoms with Gasteiger partial charge in [0.1, 0.15) is 5.82 Å². The molecular weight excluding hydrogens is 414 g/mol. The molecule has 0 amide bonds. The largest absolute Gasteiger partial charge is 0.365 e. The number of hydrogen-bond acceptors (Lipinski definition) is 6. The Morgan fingerprint density at radius 3 is 2.45 bits per heavy atom. The van der Waals surface area contributed by atoms with Gasteiger partial charge in [0, 0.05) is 63.2 Å². The number of benzene rings is 1. The summed E-state index contributed by atoms with van der Waals surface area (Å²) in [6.45, 7) is 3.53. The number of anilines is 2. The van der Waals surface area contributed by atoms with Crippen LogP contribution in [0.1, 0.15) is 11.4 Å². The Labute approximate surface area is 191 Å². The topological polar surface area (TPSA) is 83.2 Å². The maximum absolute atomic E-state index is 4.72. The summed E-state index contributed by atoms with van der Waals surface area (Å²) >= 11 is 0. The van der Waals surface area contributed by atoms with Gasteiger partial charge >= 0.3 is 0 Å². The van der Waals surface area contributed by atoms with Gasteiger partial charge in [0.2, 0.25) is 5.95 Å². The van der Waals surface area contributed by atoms with Gasteiger partial charge in [-0.1, -0.05) is 36.4 Å². The number of piperazine rings is 1. The number of fused-ring (bicyclic) bond motifs is 1. The van der Waals surface area contributed by atoms with Crippen LogP contribution in [0.15, 0.2) is 67.3 Å². The zero-order chi connectivity index (χ0) is 22.2. The zero-order valence-electron chi connectivity index (χ0n) is 18.5. The molecule has 33 heavy (non-hydrogen) atoms. The van der Waals surface area contributed by atoms with Crippen LogP contribution in [-0.2, 0) is 13.5 Å². The van der Waals surface area contributed by atoms with Crippen molar-refractivity contribution in [2.45, 2.75) is 6.42 Å². The Hall–Kier alpha value is -4.14. The van der Waals surface area contributed by atoms with Crippen molar-refractivity contribution >= 4 is 17.2 Å². The lowest BCUT2D eigenvalue weighted by molar-refractivity contribution is 0.642. The number of aromatic amines is 1. The van der Waals surface area contributed by atoms with E-state index in [9.17, 15) is 0 Å². The lowest BCUT2D eigenvalue weighted by Gasteiger charge is -2.34. The molecule has 5 aromatic rings. The average Bonchev–Trinajstić information content (AvgIpc) is 3.59. The Balaban J connectivity index is 1.14. The van der Waals surface area contributed by atoms with Crippen LogP contribution in [-0.4, -0.2) is 60.8 Å². The molecule has 1 N–H and O–H groups in total. The second kappa shape index (κ2) is 8.09. The van der Waals surface area contributed by atoms with E-state index in [1.807, 2.05) is 53.0 Å². The van der Waals surface area contributed by atoms with Crippen LogP contribution in [0.2, 0.25) is 0 Å². The van der Waals surface area contributed by atoms with E-state index in [1.165, 1.54) is 5.56 Å². The number of aromatic nitrogens is 7. The molecule has 0 radical (unpaired) electrons. The molecule has 0 unspecified atom stereocenters. The van der Waals surface area contributed by atoms with Gasteiger partial charge in [-0.05, 0) is 11.6 Å². The van der Waals surface area contributed by atoms with E-state index in [0.29, 0.717) is 0 Å². The number of nitrogens with one attached hydrogen (secondary N) is 1. The molecule has 0 spiro atoms. The highest BCUT2D eigenvalue weighted by molar-refractivity contribution is 5.75. The molecular formula is C24H25N9. The highest BCUT2D eigenvalue weighted by Gasteiger charge is 2.22. The van der Waals surface area contributed by atoms with E-state index in [2.05, 4.69) is 60.7 Å². The van der Waals surface area contributed by atoms with E-state index in [-0.39, 0.29) is 0 Å². The fourth-order valence-electron chi connectivity index (χ4n) is 4.40. The van der Waals surface area contributed by atoms with E-state index in [4.69, 9.17) is 4.98 Å². The van der Waals surface area contributed by atoms with Crippen LogP contribution in [0.4, 0.5) is 11.6 Å². The average molecular weight is 440 g/mol. The van der Waals surface area contributed by atoms with Gasteiger partial charge in [-0.25, -0.2) is 4.52 Å². The number of nitrogens with zero attached hydrogens (tertiary/aromatic N) is 8. The van der Waals surface area contributed by atoms with Crippen LogP contribution in [0, 0.1) is 0 Å². The Bertz CT molecular complexity index is 1370. The lowest BCUT2D eigenvalue weighted by atomic mass is 10.1. The Morgan fingerprint density at radius 1 is 0.848 bits per heavy atom. The quantitative estimate of drug-likeness (QED) is 0.453. The predicted molar refractivity (Wildman–Crippen MR) is 127 cm³/mol. The fraction of sp³-hybridized carbons (Fsp3) is 0.250. The Morgan fingerprint density at radius 2 is 1.67 bits per heavy atom. The Kier molecular flexibility index (Phi) is 4.79. The molecule has 9 heteroatoms. The van der Waals surface area contributed by atoms with Gasteiger partial charge in [0.15, 0.2) is 0 Å². The van der Waals surface area contributed by atoms with E-state index in [0.717, 1.165) is 66.7 Å². The van der Waals surface area contributed by atoms with Crippen LogP contribution in [0.25, 0.3) is 16.6 Å². The molecule has 1 fully saturated rings. The summed E-state index contributed by atoms with van der Waals surface area (Å²) in [4.78, 5) is 9.36. The molecule has 0 atom stereocenters. The highest BCUT2D eigenvalue weighted by Crippen LogP contribution is 2.26. The first-order chi connectivity index (χ1) is 16.2. The summed E-state index contributed by atoms with van der Waals surface area (Å²) < 4.78 is 3.77. The third-order valence-electron chi connectivity index (χ3n) is 6.17. The summed E-state index contributed by atoms with van der Waals surface area (Å²) in [6.07, 6.45) is 8.67. The van der Waals surface area contributed by atoms with Crippen LogP contribution in [0.5, 0.6) is 0 Å². The molecule has 1 aliphatic heterocycles. The lowest BCUT2D eigenvalue weighted by Crippen LogP contribution is -2.47. The van der Waals surface area contributed by atoms with Gasteiger partial charge in [0.05, 0.1) is 23.6 Å². The summed E-state index contributed by atoms with van der Waals surface area (Å²) in [7, 11) is 1.93. The maximum Gasteiger partial charge on any atom is 0.244 e. The summed E-state index contributed by atoms with van der Waals surface area (Å²) in [5.74, 6) is 1.67. The van der Waals surface area contributed by atoms with Crippen molar-refractivity contribution in [2.75, 3.05) is 36.0 Å². The second-order valence-corrected chi connectivity index (χ2v) is 8.40. The minimum Gasteiger partial charge on any atom is -0.365 e. The van der Waals surface area contributed by atoms with Crippen molar-refractivity contribution in [3.63, 3.8) is 0 Å². The van der Waals surface area contributed by atoms with Crippen molar-refractivity contribution < 1.29 is 0 Å². The molecule has 1 aromatic carbocycles. The second-order valence-electron chi connectivity index (χ2n) is 8.40. The van der Waals surface area contributed by atoms with Crippen LogP contribution < -0.4 is 9.80 Å². The van der Waals surface area contributed by atoms with E-state index >= 15 is 0 Å². The van der Waals surface area contributed by atoms with Crippen LogP contribution in [0.3, 0.4) is 0 Å². The number of H-pyrrole nitrogens is 1. The molecule has 0 aliphatic carbocycles. The molecule has 5 heterocycles.